The molecule has 5 heteroatoms. The van der Waals surface area contributed by atoms with E-state index in [0.29, 0.717) is 0 Å². The summed E-state index contributed by atoms with van der Waals surface area (Å²) in [5.74, 6) is 0.896. The zero-order valence-corrected chi connectivity index (χ0v) is 17.4. The summed E-state index contributed by atoms with van der Waals surface area (Å²) in [5.41, 5.74) is 1.59. The smallest absolute Gasteiger partial charge is 0.0966 e. The molecule has 0 aromatic carbocycles. The van der Waals surface area contributed by atoms with Crippen molar-refractivity contribution < 1.29 is 4.74 Å². The van der Waals surface area contributed by atoms with Crippen LogP contribution in [-0.4, -0.2) is 54.8 Å². The second-order valence-electron chi connectivity index (χ2n) is 7.85. The highest BCUT2D eigenvalue weighted by Crippen LogP contribution is 2.44. The normalized spacial score (nSPS) is 25.4. The molecule has 3 aliphatic rings. The lowest BCUT2D eigenvalue weighted by Gasteiger charge is -2.45. The van der Waals surface area contributed by atoms with Gasteiger partial charge in [0.1, 0.15) is 0 Å². The van der Waals surface area contributed by atoms with Gasteiger partial charge in [0.05, 0.1) is 12.2 Å². The molecule has 0 unspecified atom stereocenters. The summed E-state index contributed by atoms with van der Waals surface area (Å²) < 4.78 is 8.94. The molecule has 3 aliphatic heterocycles. The Morgan fingerprint density at radius 3 is 2.68 bits per heavy atom. The van der Waals surface area contributed by atoms with Gasteiger partial charge in [-0.2, -0.15) is 0 Å². The predicted molar refractivity (Wildman–Crippen MR) is 109 cm³/mol. The number of piperidine rings is 2. The molecular weight excluding hydrogens is 348 g/mol. The summed E-state index contributed by atoms with van der Waals surface area (Å²) in [5, 5.41) is 0. The second kappa shape index (κ2) is 7.89. The molecule has 0 radical (unpaired) electrons. The van der Waals surface area contributed by atoms with Crippen molar-refractivity contribution in [1.29, 1.82) is 0 Å². The van der Waals surface area contributed by atoms with E-state index >= 15 is 0 Å². The molecule has 25 heavy (non-hydrogen) atoms. The van der Waals surface area contributed by atoms with Gasteiger partial charge in [0, 0.05) is 48.9 Å². The van der Waals surface area contributed by atoms with E-state index in [1.807, 2.05) is 23.3 Å². The molecule has 3 nitrogen and oxygen atoms in total. The minimum Gasteiger partial charge on any atom is -0.370 e. The van der Waals surface area contributed by atoms with Crippen LogP contribution in [0.15, 0.2) is 6.07 Å². The highest BCUT2D eigenvalue weighted by Gasteiger charge is 2.42. The van der Waals surface area contributed by atoms with E-state index in [4.69, 9.17) is 4.74 Å². The van der Waals surface area contributed by atoms with Crippen LogP contribution >= 0.6 is 23.3 Å². The molecule has 0 N–H and O–H groups in total. The summed E-state index contributed by atoms with van der Waals surface area (Å²) in [6, 6.07) is 2.47. The summed E-state index contributed by atoms with van der Waals surface area (Å²) >= 11 is 3.94. The number of thiophene rings is 1. The van der Waals surface area contributed by atoms with E-state index in [2.05, 4.69) is 28.5 Å². The minimum atomic E-state index is 0.0379. The molecule has 0 aliphatic carbocycles. The lowest BCUT2D eigenvalue weighted by molar-refractivity contribution is -0.0987. The fourth-order valence-electron chi connectivity index (χ4n) is 4.80. The maximum absolute atomic E-state index is 6.43. The van der Waals surface area contributed by atoms with E-state index in [0.717, 1.165) is 25.4 Å². The fraction of sp³-hybridized carbons (Fsp3) is 0.800. The topological polar surface area (TPSA) is 15.7 Å². The molecule has 0 amide bonds. The monoisotopic (exact) mass is 380 g/mol. The van der Waals surface area contributed by atoms with Crippen LogP contribution in [0, 0.1) is 5.92 Å². The fourth-order valence-corrected chi connectivity index (χ4v) is 6.55. The van der Waals surface area contributed by atoms with Crippen LogP contribution in [0.4, 0.5) is 0 Å². The van der Waals surface area contributed by atoms with Crippen LogP contribution in [0.1, 0.15) is 47.9 Å². The van der Waals surface area contributed by atoms with E-state index in [1.165, 1.54) is 63.3 Å². The van der Waals surface area contributed by atoms with Crippen LogP contribution < -0.4 is 0 Å². The van der Waals surface area contributed by atoms with Crippen LogP contribution in [0.2, 0.25) is 0 Å². The third-order valence-electron chi connectivity index (χ3n) is 6.42. The largest absolute Gasteiger partial charge is 0.370 e. The summed E-state index contributed by atoms with van der Waals surface area (Å²) in [4.78, 5) is 5.87. The second-order valence-corrected chi connectivity index (χ2v) is 9.95. The lowest BCUT2D eigenvalue weighted by atomic mass is 9.82. The van der Waals surface area contributed by atoms with Gasteiger partial charge in [0.15, 0.2) is 0 Å². The molecular formula is C20H32N2OS2. The molecule has 4 rings (SSSR count). The van der Waals surface area contributed by atoms with Crippen molar-refractivity contribution in [1.82, 2.24) is 9.21 Å². The third-order valence-corrected chi connectivity index (χ3v) is 8.64. The first-order valence-electron chi connectivity index (χ1n) is 10.00. The standard InChI is InChI=1S/C20H32N2OS2/c1-3-17-14-18-19(25-17)6-13-23-20(18)7-11-21(12-8-20)15-16-4-9-22(24-2)10-5-16/h14,16H,3-13,15H2,1-2H3. The predicted octanol–water partition coefficient (Wildman–Crippen LogP) is 4.16. The Balaban J connectivity index is 1.35. The van der Waals surface area contributed by atoms with Crippen molar-refractivity contribution in [2.24, 2.45) is 5.92 Å². The van der Waals surface area contributed by atoms with Crippen molar-refractivity contribution in [3.63, 3.8) is 0 Å². The molecule has 1 aromatic heterocycles. The molecule has 0 atom stereocenters. The molecule has 1 spiro atoms. The highest BCUT2D eigenvalue weighted by atomic mass is 32.2. The Kier molecular flexibility index (Phi) is 5.78. The average Bonchev–Trinajstić information content (AvgIpc) is 3.09. The van der Waals surface area contributed by atoms with E-state index in [1.54, 1.807) is 10.4 Å². The van der Waals surface area contributed by atoms with E-state index < -0.39 is 0 Å². The van der Waals surface area contributed by atoms with Crippen LogP contribution in [0.3, 0.4) is 0 Å². The molecule has 2 saturated heterocycles. The Morgan fingerprint density at radius 1 is 1.24 bits per heavy atom. The molecule has 2 fully saturated rings. The van der Waals surface area contributed by atoms with E-state index in [9.17, 15) is 0 Å². The van der Waals surface area contributed by atoms with Crippen molar-refractivity contribution >= 4 is 23.3 Å². The van der Waals surface area contributed by atoms with Crippen LogP contribution in [0.25, 0.3) is 0 Å². The zero-order valence-electron chi connectivity index (χ0n) is 15.8. The Morgan fingerprint density at radius 2 is 2.00 bits per heavy atom. The summed E-state index contributed by atoms with van der Waals surface area (Å²) in [6.45, 7) is 9.45. The van der Waals surface area contributed by atoms with Gasteiger partial charge in [-0.15, -0.1) is 11.3 Å². The van der Waals surface area contributed by atoms with Gasteiger partial charge in [-0.3, -0.25) is 4.31 Å². The van der Waals surface area contributed by atoms with Crippen molar-refractivity contribution in [2.45, 2.75) is 51.0 Å². The van der Waals surface area contributed by atoms with Gasteiger partial charge in [-0.25, -0.2) is 0 Å². The van der Waals surface area contributed by atoms with Gasteiger partial charge >= 0.3 is 0 Å². The number of fused-ring (bicyclic) bond motifs is 2. The number of aryl methyl sites for hydroxylation is 1. The first kappa shape index (κ1) is 18.3. The highest BCUT2D eigenvalue weighted by molar-refractivity contribution is 7.96. The van der Waals surface area contributed by atoms with Crippen molar-refractivity contribution in [2.75, 3.05) is 45.6 Å². The van der Waals surface area contributed by atoms with Gasteiger partial charge in [-0.1, -0.05) is 18.9 Å². The van der Waals surface area contributed by atoms with Crippen LogP contribution in [0.5, 0.6) is 0 Å². The van der Waals surface area contributed by atoms with Gasteiger partial charge < -0.3 is 9.64 Å². The number of hydrogen-bond donors (Lipinski definition) is 0. The Bertz CT molecular complexity index is 572. The maximum Gasteiger partial charge on any atom is 0.0966 e. The molecule has 0 bridgehead atoms. The zero-order chi connectivity index (χ0) is 17.3. The molecule has 0 saturated carbocycles. The number of ether oxygens (including phenoxy) is 1. The quantitative estimate of drug-likeness (QED) is 0.728. The number of nitrogens with zero attached hydrogens (tertiary/aromatic N) is 2. The van der Waals surface area contributed by atoms with Gasteiger partial charge in [-0.05, 0) is 55.9 Å². The van der Waals surface area contributed by atoms with Crippen LogP contribution in [-0.2, 0) is 23.2 Å². The third kappa shape index (κ3) is 3.81. The lowest BCUT2D eigenvalue weighted by Crippen LogP contribution is -2.48. The average molecular weight is 381 g/mol. The minimum absolute atomic E-state index is 0.0379. The molecule has 1 aromatic rings. The Hall–Kier alpha value is -0.0700. The van der Waals surface area contributed by atoms with Crippen molar-refractivity contribution in [3.8, 4) is 0 Å². The van der Waals surface area contributed by atoms with Crippen molar-refractivity contribution in [3.05, 3.63) is 21.4 Å². The number of hydrogen-bond acceptors (Lipinski definition) is 5. The first-order chi connectivity index (χ1) is 12.2. The SMILES string of the molecule is CCc1cc2c(s1)CCOC21CCN(CC2CCN(SC)CC2)CC1. The number of likely N-dealkylation sites (tertiary alicyclic amines) is 1. The Labute approximate surface area is 161 Å². The van der Waals surface area contributed by atoms with Gasteiger partial charge in [0.25, 0.3) is 0 Å². The molecule has 140 valence electrons. The van der Waals surface area contributed by atoms with Gasteiger partial charge in [0.2, 0.25) is 0 Å². The first-order valence-corrected chi connectivity index (χ1v) is 12.0. The molecule has 4 heterocycles. The summed E-state index contributed by atoms with van der Waals surface area (Å²) in [7, 11) is 0. The van der Waals surface area contributed by atoms with E-state index in [-0.39, 0.29) is 5.60 Å². The number of rotatable bonds is 4. The summed E-state index contributed by atoms with van der Waals surface area (Å²) in [6.07, 6.45) is 9.60. The maximum atomic E-state index is 6.43.